The first-order valence-electron chi connectivity index (χ1n) is 6.96. The van der Waals surface area contributed by atoms with E-state index in [0.29, 0.717) is 10.9 Å². The molecule has 0 radical (unpaired) electrons. The number of benzene rings is 1. The minimum Gasteiger partial charge on any atom is -0.381 e. The van der Waals surface area contributed by atoms with Gasteiger partial charge in [-0.15, -0.1) is 0 Å². The van der Waals surface area contributed by atoms with Crippen molar-refractivity contribution in [3.63, 3.8) is 0 Å². The highest BCUT2D eigenvalue weighted by Crippen LogP contribution is 2.31. The predicted octanol–water partition coefficient (Wildman–Crippen LogP) is 3.95. The lowest BCUT2D eigenvalue weighted by Crippen LogP contribution is -2.25. The molecule has 1 saturated heterocycles. The number of ether oxygens (including phenoxy) is 1. The summed E-state index contributed by atoms with van der Waals surface area (Å²) in [6, 6.07) is 4.69. The Labute approximate surface area is 119 Å². The van der Waals surface area contributed by atoms with Gasteiger partial charge in [-0.3, -0.25) is 0 Å². The van der Waals surface area contributed by atoms with Crippen molar-refractivity contribution in [2.45, 2.75) is 32.2 Å². The second-order valence-electron chi connectivity index (χ2n) is 5.14. The molecule has 2 nitrogen and oxygen atoms in total. The van der Waals surface area contributed by atoms with Gasteiger partial charge in [-0.1, -0.05) is 18.5 Å². The molecular weight excluding hydrogens is 265 g/mol. The lowest BCUT2D eigenvalue weighted by atomic mass is 9.94. The van der Waals surface area contributed by atoms with Crippen LogP contribution in [0, 0.1) is 11.7 Å². The summed E-state index contributed by atoms with van der Waals surface area (Å²) in [4.78, 5) is 0. The molecule has 19 heavy (non-hydrogen) atoms. The van der Waals surface area contributed by atoms with E-state index in [1.807, 2.05) is 0 Å². The maximum Gasteiger partial charge on any atom is 0.123 e. The molecule has 2 atom stereocenters. The van der Waals surface area contributed by atoms with Crippen LogP contribution < -0.4 is 5.32 Å². The molecule has 1 aliphatic rings. The van der Waals surface area contributed by atoms with Gasteiger partial charge in [0.05, 0.1) is 0 Å². The predicted molar refractivity (Wildman–Crippen MR) is 76.0 cm³/mol. The highest BCUT2D eigenvalue weighted by Gasteiger charge is 2.23. The van der Waals surface area contributed by atoms with Crippen molar-refractivity contribution in [2.24, 2.45) is 5.92 Å². The molecule has 2 unspecified atom stereocenters. The molecule has 1 aromatic rings. The van der Waals surface area contributed by atoms with Crippen LogP contribution in [0.15, 0.2) is 18.2 Å². The van der Waals surface area contributed by atoms with Crippen molar-refractivity contribution in [2.75, 3.05) is 19.8 Å². The molecule has 1 heterocycles. The van der Waals surface area contributed by atoms with Crippen LogP contribution in [-0.2, 0) is 4.74 Å². The summed E-state index contributed by atoms with van der Waals surface area (Å²) in [6.45, 7) is 4.67. The smallest absolute Gasteiger partial charge is 0.123 e. The van der Waals surface area contributed by atoms with Crippen LogP contribution in [-0.4, -0.2) is 19.8 Å². The molecule has 0 amide bonds. The molecule has 0 aliphatic carbocycles. The summed E-state index contributed by atoms with van der Waals surface area (Å²) >= 11 is 6.22. The average molecular weight is 286 g/mol. The van der Waals surface area contributed by atoms with Gasteiger partial charge >= 0.3 is 0 Å². The topological polar surface area (TPSA) is 21.3 Å². The van der Waals surface area contributed by atoms with Gasteiger partial charge in [-0.05, 0) is 55.5 Å². The van der Waals surface area contributed by atoms with Gasteiger partial charge in [-0.2, -0.15) is 0 Å². The zero-order valence-corrected chi connectivity index (χ0v) is 12.0. The molecule has 0 saturated carbocycles. The summed E-state index contributed by atoms with van der Waals surface area (Å²) in [5.74, 6) is 0.305. The van der Waals surface area contributed by atoms with Gasteiger partial charge in [0, 0.05) is 24.3 Å². The van der Waals surface area contributed by atoms with Gasteiger partial charge in [0.2, 0.25) is 0 Å². The van der Waals surface area contributed by atoms with Crippen LogP contribution in [0.3, 0.4) is 0 Å². The van der Waals surface area contributed by atoms with Crippen LogP contribution in [0.2, 0.25) is 5.02 Å². The van der Waals surface area contributed by atoms with Crippen LogP contribution >= 0.6 is 11.6 Å². The number of hydrogen-bond acceptors (Lipinski definition) is 2. The molecular formula is C15H21ClFNO. The standard InChI is InChI=1S/C15H21ClFNO/c1-2-6-18-15(8-11-5-7-19-10-11)13-9-12(17)3-4-14(13)16/h3-4,9,11,15,18H,2,5-8,10H2,1H3. The van der Waals surface area contributed by atoms with Crippen molar-refractivity contribution in [1.82, 2.24) is 5.32 Å². The summed E-state index contributed by atoms with van der Waals surface area (Å²) in [5.41, 5.74) is 0.863. The Morgan fingerprint density at radius 1 is 1.53 bits per heavy atom. The molecule has 1 aliphatic heterocycles. The van der Waals surface area contributed by atoms with Crippen molar-refractivity contribution < 1.29 is 9.13 Å². The first-order chi connectivity index (χ1) is 9.20. The lowest BCUT2D eigenvalue weighted by Gasteiger charge is -2.23. The van der Waals surface area contributed by atoms with Crippen molar-refractivity contribution in [1.29, 1.82) is 0 Å². The second-order valence-corrected chi connectivity index (χ2v) is 5.55. The zero-order chi connectivity index (χ0) is 13.7. The van der Waals surface area contributed by atoms with E-state index >= 15 is 0 Å². The summed E-state index contributed by atoms with van der Waals surface area (Å²) < 4.78 is 18.8. The van der Waals surface area contributed by atoms with Gasteiger partial charge in [0.25, 0.3) is 0 Å². The number of nitrogens with one attached hydrogen (secondary N) is 1. The number of hydrogen-bond donors (Lipinski definition) is 1. The first kappa shape index (κ1) is 14.8. The molecule has 1 fully saturated rings. The van der Waals surface area contributed by atoms with E-state index in [9.17, 15) is 4.39 Å². The molecule has 2 rings (SSSR count). The Hall–Kier alpha value is -0.640. The third-order valence-electron chi connectivity index (χ3n) is 3.57. The molecule has 1 N–H and O–H groups in total. The monoisotopic (exact) mass is 285 g/mol. The molecule has 106 valence electrons. The molecule has 0 aromatic heterocycles. The molecule has 4 heteroatoms. The summed E-state index contributed by atoms with van der Waals surface area (Å²) in [5, 5.41) is 4.11. The highest BCUT2D eigenvalue weighted by atomic mass is 35.5. The van der Waals surface area contributed by atoms with E-state index in [2.05, 4.69) is 12.2 Å². The maximum atomic E-state index is 13.4. The van der Waals surface area contributed by atoms with Crippen LogP contribution in [0.4, 0.5) is 4.39 Å². The Kier molecular flexibility index (Phi) is 5.61. The third kappa shape index (κ3) is 4.16. The number of halogens is 2. The second kappa shape index (κ2) is 7.22. The minimum atomic E-state index is -0.231. The average Bonchev–Trinajstić information content (AvgIpc) is 2.90. The van der Waals surface area contributed by atoms with E-state index < -0.39 is 0 Å². The highest BCUT2D eigenvalue weighted by molar-refractivity contribution is 6.31. The van der Waals surface area contributed by atoms with Crippen LogP contribution in [0.5, 0.6) is 0 Å². The maximum absolute atomic E-state index is 13.4. The van der Waals surface area contributed by atoms with E-state index in [4.69, 9.17) is 16.3 Å². The SMILES string of the molecule is CCCNC(CC1CCOC1)c1cc(F)ccc1Cl. The largest absolute Gasteiger partial charge is 0.381 e. The lowest BCUT2D eigenvalue weighted by molar-refractivity contribution is 0.181. The van der Waals surface area contributed by atoms with Gasteiger partial charge < -0.3 is 10.1 Å². The molecule has 0 bridgehead atoms. The fourth-order valence-electron chi connectivity index (χ4n) is 2.52. The fourth-order valence-corrected chi connectivity index (χ4v) is 2.77. The number of rotatable bonds is 6. The Bertz CT molecular complexity index is 407. The third-order valence-corrected chi connectivity index (χ3v) is 3.91. The Morgan fingerprint density at radius 3 is 3.05 bits per heavy atom. The Balaban J connectivity index is 2.12. The van der Waals surface area contributed by atoms with E-state index in [1.165, 1.54) is 6.07 Å². The normalized spacial score (nSPS) is 20.7. The van der Waals surface area contributed by atoms with E-state index in [0.717, 1.165) is 44.6 Å². The van der Waals surface area contributed by atoms with Crippen molar-refractivity contribution in [3.05, 3.63) is 34.6 Å². The van der Waals surface area contributed by atoms with Crippen molar-refractivity contribution in [3.8, 4) is 0 Å². The fraction of sp³-hybridized carbons (Fsp3) is 0.600. The first-order valence-corrected chi connectivity index (χ1v) is 7.34. The van der Waals surface area contributed by atoms with E-state index in [1.54, 1.807) is 12.1 Å². The van der Waals surface area contributed by atoms with Gasteiger partial charge in [-0.25, -0.2) is 4.39 Å². The summed E-state index contributed by atoms with van der Waals surface area (Å²) in [7, 11) is 0. The van der Waals surface area contributed by atoms with Crippen molar-refractivity contribution >= 4 is 11.6 Å². The van der Waals surface area contributed by atoms with E-state index in [-0.39, 0.29) is 11.9 Å². The quantitative estimate of drug-likeness (QED) is 0.855. The van der Waals surface area contributed by atoms with Crippen LogP contribution in [0.25, 0.3) is 0 Å². The van der Waals surface area contributed by atoms with Gasteiger partial charge in [0.15, 0.2) is 0 Å². The van der Waals surface area contributed by atoms with Gasteiger partial charge in [0.1, 0.15) is 5.82 Å². The Morgan fingerprint density at radius 2 is 2.37 bits per heavy atom. The zero-order valence-electron chi connectivity index (χ0n) is 11.3. The van der Waals surface area contributed by atoms with Crippen LogP contribution in [0.1, 0.15) is 37.8 Å². The molecule has 1 aromatic carbocycles. The summed E-state index contributed by atoms with van der Waals surface area (Å²) in [6.07, 6.45) is 3.07. The molecule has 0 spiro atoms. The minimum absolute atomic E-state index is 0.106.